The fraction of sp³-hybridized carbons (Fsp3) is 0.529. The zero-order chi connectivity index (χ0) is 16.6. The van der Waals surface area contributed by atoms with Crippen molar-refractivity contribution in [2.75, 3.05) is 0 Å². The Labute approximate surface area is 132 Å². The Morgan fingerprint density at radius 2 is 1.96 bits per heavy atom. The van der Waals surface area contributed by atoms with Crippen LogP contribution in [0.25, 0.3) is 0 Å². The minimum absolute atomic E-state index is 0.0928. The predicted molar refractivity (Wildman–Crippen MR) is 78.8 cm³/mol. The number of amides is 1. The zero-order valence-corrected chi connectivity index (χ0v) is 12.6. The standard InChI is InChI=1S/C17H19F2NO3/c18-10-3-4-14(19)12(7-10)11-8-13(11)16(23)20-17(9-15(21)22)5-1-2-6-17/h3-4,7,11,13H,1-2,5-6,8-9H2,(H,20,23)(H,21,22). The van der Waals surface area contributed by atoms with Crippen LogP contribution in [0.5, 0.6) is 0 Å². The molecule has 0 radical (unpaired) electrons. The molecule has 0 bridgehead atoms. The van der Waals surface area contributed by atoms with Gasteiger partial charge in [-0.05, 0) is 48.9 Å². The summed E-state index contributed by atoms with van der Waals surface area (Å²) >= 11 is 0. The van der Waals surface area contributed by atoms with Gasteiger partial charge in [-0.15, -0.1) is 0 Å². The molecule has 4 nitrogen and oxygen atoms in total. The van der Waals surface area contributed by atoms with Gasteiger partial charge in [0.2, 0.25) is 5.91 Å². The first-order chi connectivity index (χ1) is 10.9. The fourth-order valence-corrected chi connectivity index (χ4v) is 3.67. The number of nitrogens with one attached hydrogen (secondary N) is 1. The highest BCUT2D eigenvalue weighted by Crippen LogP contribution is 2.49. The second kappa shape index (κ2) is 5.91. The highest BCUT2D eigenvalue weighted by Gasteiger charge is 2.48. The van der Waals surface area contributed by atoms with Gasteiger partial charge in [-0.1, -0.05) is 12.8 Å². The molecule has 2 N–H and O–H groups in total. The quantitative estimate of drug-likeness (QED) is 0.875. The number of carboxylic acid groups (broad SMARTS) is 1. The highest BCUT2D eigenvalue weighted by atomic mass is 19.1. The number of halogens is 2. The predicted octanol–water partition coefficient (Wildman–Crippen LogP) is 2.97. The third kappa shape index (κ3) is 3.35. The molecule has 0 aliphatic heterocycles. The van der Waals surface area contributed by atoms with Gasteiger partial charge >= 0.3 is 5.97 Å². The van der Waals surface area contributed by atoms with E-state index in [1.54, 1.807) is 0 Å². The van der Waals surface area contributed by atoms with Crippen LogP contribution in [0.1, 0.15) is 50.0 Å². The third-order valence-electron chi connectivity index (χ3n) is 4.92. The summed E-state index contributed by atoms with van der Waals surface area (Å²) in [7, 11) is 0. The number of hydrogen-bond acceptors (Lipinski definition) is 2. The fourth-order valence-electron chi connectivity index (χ4n) is 3.67. The van der Waals surface area contributed by atoms with E-state index in [1.807, 2.05) is 0 Å². The van der Waals surface area contributed by atoms with E-state index >= 15 is 0 Å². The number of carbonyl (C=O) groups excluding carboxylic acids is 1. The van der Waals surface area contributed by atoms with E-state index < -0.39 is 29.1 Å². The molecule has 0 heterocycles. The molecule has 2 saturated carbocycles. The molecule has 1 aromatic carbocycles. The van der Waals surface area contributed by atoms with Crippen LogP contribution in [0.2, 0.25) is 0 Å². The largest absolute Gasteiger partial charge is 0.481 e. The molecular weight excluding hydrogens is 304 g/mol. The first kappa shape index (κ1) is 15.9. The van der Waals surface area contributed by atoms with Crippen molar-refractivity contribution in [2.24, 2.45) is 5.92 Å². The summed E-state index contributed by atoms with van der Waals surface area (Å²) < 4.78 is 27.0. The van der Waals surface area contributed by atoms with E-state index in [9.17, 15) is 18.4 Å². The summed E-state index contributed by atoms with van der Waals surface area (Å²) in [5, 5.41) is 11.9. The Kier molecular flexibility index (Phi) is 4.08. The molecule has 0 aromatic heterocycles. The van der Waals surface area contributed by atoms with Crippen LogP contribution in [-0.4, -0.2) is 22.5 Å². The molecule has 2 aliphatic rings. The van der Waals surface area contributed by atoms with E-state index in [0.717, 1.165) is 31.0 Å². The summed E-state index contributed by atoms with van der Waals surface area (Å²) in [5.74, 6) is -2.94. The molecule has 6 heteroatoms. The van der Waals surface area contributed by atoms with Crippen molar-refractivity contribution in [1.82, 2.24) is 5.32 Å². The summed E-state index contributed by atoms with van der Waals surface area (Å²) in [6.45, 7) is 0. The summed E-state index contributed by atoms with van der Waals surface area (Å²) in [5.41, 5.74) is -0.458. The molecule has 2 unspecified atom stereocenters. The molecular formula is C17H19F2NO3. The SMILES string of the molecule is O=C(O)CC1(NC(=O)C2CC2c2cc(F)ccc2F)CCCC1. The molecule has 0 saturated heterocycles. The van der Waals surface area contributed by atoms with Gasteiger partial charge in [-0.3, -0.25) is 9.59 Å². The lowest BCUT2D eigenvalue weighted by Gasteiger charge is -2.28. The number of aliphatic carboxylic acids is 1. The highest BCUT2D eigenvalue weighted by molar-refractivity contribution is 5.84. The van der Waals surface area contributed by atoms with Crippen LogP contribution in [0.15, 0.2) is 18.2 Å². The first-order valence-electron chi connectivity index (χ1n) is 7.89. The first-order valence-corrected chi connectivity index (χ1v) is 7.89. The molecule has 2 aliphatic carbocycles. The van der Waals surface area contributed by atoms with Crippen LogP contribution in [0.4, 0.5) is 8.78 Å². The van der Waals surface area contributed by atoms with Gasteiger partial charge in [-0.2, -0.15) is 0 Å². The van der Waals surface area contributed by atoms with E-state index in [1.165, 1.54) is 0 Å². The number of rotatable bonds is 5. The molecule has 1 aromatic rings. The molecule has 3 rings (SSSR count). The average molecular weight is 323 g/mol. The number of hydrogen-bond donors (Lipinski definition) is 2. The molecule has 124 valence electrons. The number of carbonyl (C=O) groups is 2. The summed E-state index contributed by atoms with van der Waals surface area (Å²) in [6, 6.07) is 3.26. The van der Waals surface area contributed by atoms with Gasteiger partial charge in [-0.25, -0.2) is 8.78 Å². The second-order valence-electron chi connectivity index (χ2n) is 6.66. The van der Waals surface area contributed by atoms with Gasteiger partial charge in [0.25, 0.3) is 0 Å². The monoisotopic (exact) mass is 323 g/mol. The van der Waals surface area contributed by atoms with Gasteiger partial charge < -0.3 is 10.4 Å². The van der Waals surface area contributed by atoms with Gasteiger partial charge in [0.15, 0.2) is 0 Å². The number of carboxylic acids is 1. The van der Waals surface area contributed by atoms with Crippen molar-refractivity contribution in [3.63, 3.8) is 0 Å². The maximum absolute atomic E-state index is 13.8. The lowest BCUT2D eigenvalue weighted by Crippen LogP contribution is -2.48. The Balaban J connectivity index is 1.68. The maximum atomic E-state index is 13.8. The van der Waals surface area contributed by atoms with Crippen molar-refractivity contribution >= 4 is 11.9 Å². The lowest BCUT2D eigenvalue weighted by atomic mass is 9.92. The van der Waals surface area contributed by atoms with Gasteiger partial charge in [0.05, 0.1) is 12.0 Å². The molecule has 0 spiro atoms. The van der Waals surface area contributed by atoms with Gasteiger partial charge in [0.1, 0.15) is 11.6 Å². The van der Waals surface area contributed by atoms with Crippen LogP contribution >= 0.6 is 0 Å². The van der Waals surface area contributed by atoms with Crippen LogP contribution < -0.4 is 5.32 Å². The molecule has 23 heavy (non-hydrogen) atoms. The zero-order valence-electron chi connectivity index (χ0n) is 12.6. The van der Waals surface area contributed by atoms with Crippen LogP contribution in [0.3, 0.4) is 0 Å². The Morgan fingerprint density at radius 1 is 1.26 bits per heavy atom. The minimum atomic E-state index is -0.935. The van der Waals surface area contributed by atoms with Crippen molar-refractivity contribution in [2.45, 2.75) is 50.0 Å². The average Bonchev–Trinajstić information content (AvgIpc) is 3.15. The van der Waals surface area contributed by atoms with E-state index in [2.05, 4.69) is 5.32 Å². The summed E-state index contributed by atoms with van der Waals surface area (Å²) in [4.78, 5) is 23.5. The third-order valence-corrected chi connectivity index (χ3v) is 4.92. The lowest BCUT2D eigenvalue weighted by molar-refractivity contribution is -0.139. The van der Waals surface area contributed by atoms with Crippen molar-refractivity contribution in [1.29, 1.82) is 0 Å². The van der Waals surface area contributed by atoms with Crippen molar-refractivity contribution < 1.29 is 23.5 Å². The Hall–Kier alpha value is -1.98. The molecule has 1 amide bonds. The van der Waals surface area contributed by atoms with Crippen molar-refractivity contribution in [3.05, 3.63) is 35.4 Å². The Morgan fingerprint density at radius 3 is 2.61 bits per heavy atom. The normalized spacial score (nSPS) is 25.1. The van der Waals surface area contributed by atoms with E-state index in [0.29, 0.717) is 19.3 Å². The van der Waals surface area contributed by atoms with E-state index in [-0.39, 0.29) is 23.8 Å². The molecule has 2 atom stereocenters. The van der Waals surface area contributed by atoms with Crippen LogP contribution in [-0.2, 0) is 9.59 Å². The minimum Gasteiger partial charge on any atom is -0.481 e. The van der Waals surface area contributed by atoms with Crippen LogP contribution in [0, 0.1) is 17.6 Å². The van der Waals surface area contributed by atoms with Crippen molar-refractivity contribution in [3.8, 4) is 0 Å². The number of benzene rings is 1. The second-order valence-corrected chi connectivity index (χ2v) is 6.66. The van der Waals surface area contributed by atoms with E-state index in [4.69, 9.17) is 5.11 Å². The molecule has 2 fully saturated rings. The smallest absolute Gasteiger partial charge is 0.305 e. The topological polar surface area (TPSA) is 66.4 Å². The Bertz CT molecular complexity index is 641. The van der Waals surface area contributed by atoms with Gasteiger partial charge in [0, 0.05) is 5.92 Å². The maximum Gasteiger partial charge on any atom is 0.305 e. The summed E-state index contributed by atoms with van der Waals surface area (Å²) in [6.07, 6.45) is 3.45.